The van der Waals surface area contributed by atoms with Crippen LogP contribution in [-0.4, -0.2) is 66.6 Å². The van der Waals surface area contributed by atoms with Crippen molar-refractivity contribution in [2.45, 2.75) is 64.3 Å². The van der Waals surface area contributed by atoms with Crippen LogP contribution in [0.1, 0.15) is 57.2 Å². The van der Waals surface area contributed by atoms with Crippen LogP contribution in [0.25, 0.3) is 10.9 Å². The Kier molecular flexibility index (Phi) is 7.68. The summed E-state index contributed by atoms with van der Waals surface area (Å²) < 4.78 is 21.7. The van der Waals surface area contributed by atoms with Gasteiger partial charge in [-0.25, -0.2) is 4.98 Å². The number of aromatic nitrogens is 6. The van der Waals surface area contributed by atoms with Gasteiger partial charge in [-0.2, -0.15) is 4.98 Å². The second-order valence-electron chi connectivity index (χ2n) is 10.8. The first kappa shape index (κ1) is 26.9. The van der Waals surface area contributed by atoms with Crippen LogP contribution in [0.15, 0.2) is 43.2 Å². The lowest BCUT2D eigenvalue weighted by Crippen LogP contribution is -2.36. The lowest BCUT2D eigenvalue weighted by Gasteiger charge is -2.31. The minimum atomic E-state index is -0.422. The van der Waals surface area contributed by atoms with Gasteiger partial charge in [0, 0.05) is 37.6 Å². The van der Waals surface area contributed by atoms with Gasteiger partial charge in [0.2, 0.25) is 5.88 Å². The van der Waals surface area contributed by atoms with Crippen LogP contribution in [0.4, 0.5) is 11.6 Å². The topological polar surface area (TPSA) is 135 Å². The zero-order valence-electron chi connectivity index (χ0n) is 23.3. The number of hydrogen-bond donors (Lipinski definition) is 0. The Morgan fingerprint density at radius 1 is 1.15 bits per heavy atom. The van der Waals surface area contributed by atoms with Crippen molar-refractivity contribution < 1.29 is 19.1 Å². The van der Waals surface area contributed by atoms with E-state index in [1.165, 1.54) is 10.9 Å². The molecule has 0 radical (unpaired) electrons. The molecule has 1 saturated heterocycles. The number of hydrogen-bond acceptors (Lipinski definition) is 10. The third kappa shape index (κ3) is 5.80. The first-order valence-corrected chi connectivity index (χ1v) is 14.1. The van der Waals surface area contributed by atoms with Gasteiger partial charge in [0.15, 0.2) is 0 Å². The molecule has 1 aliphatic heterocycles. The summed E-state index contributed by atoms with van der Waals surface area (Å²) in [6, 6.07) is 4.09. The zero-order chi connectivity index (χ0) is 28.3. The number of anilines is 1. The number of pyridine rings is 2. The van der Waals surface area contributed by atoms with E-state index in [1.54, 1.807) is 6.20 Å². The van der Waals surface area contributed by atoms with Gasteiger partial charge in [-0.15, -0.1) is 4.68 Å². The quantitative estimate of drug-likeness (QED) is 0.212. The summed E-state index contributed by atoms with van der Waals surface area (Å²) in [4.78, 5) is 27.3. The number of nitrogens with zero attached hydrogens (tertiary/aromatic N) is 8. The summed E-state index contributed by atoms with van der Waals surface area (Å²) in [5.41, 5.74) is 1.14. The fourth-order valence-electron chi connectivity index (χ4n) is 5.52. The Bertz CT molecular complexity index is 1490. The van der Waals surface area contributed by atoms with Crippen LogP contribution in [0.2, 0.25) is 0 Å². The second kappa shape index (κ2) is 11.7. The normalized spacial score (nSPS) is 19.5. The second-order valence-corrected chi connectivity index (χ2v) is 10.8. The number of rotatable bonds is 9. The Morgan fingerprint density at radius 3 is 2.66 bits per heavy atom. The molecule has 13 heteroatoms. The van der Waals surface area contributed by atoms with E-state index in [1.807, 2.05) is 44.7 Å². The molecule has 6 rings (SSSR count). The smallest absolute Gasteiger partial charge is 0.351 e. The third-order valence-electron chi connectivity index (χ3n) is 7.71. The van der Waals surface area contributed by atoms with E-state index >= 15 is 0 Å². The summed E-state index contributed by atoms with van der Waals surface area (Å²) in [5.74, 6) is 1.73. The van der Waals surface area contributed by atoms with Crippen molar-refractivity contribution in [3.8, 4) is 11.6 Å². The summed E-state index contributed by atoms with van der Waals surface area (Å²) in [6.07, 6.45) is 12.7. The molecule has 0 atom stereocenters. The van der Waals surface area contributed by atoms with Crippen molar-refractivity contribution in [1.82, 2.24) is 29.3 Å². The molecule has 0 bridgehead atoms. The summed E-state index contributed by atoms with van der Waals surface area (Å²) in [7, 11) is 0. The van der Waals surface area contributed by atoms with Gasteiger partial charge in [-0.1, -0.05) is 5.10 Å². The number of fused-ring (bicyclic) bond motifs is 1. The van der Waals surface area contributed by atoms with E-state index in [0.29, 0.717) is 36.4 Å². The van der Waals surface area contributed by atoms with Crippen molar-refractivity contribution in [3.05, 3.63) is 58.9 Å². The molecule has 2 aliphatic rings. The van der Waals surface area contributed by atoms with Gasteiger partial charge in [0.1, 0.15) is 35.9 Å². The zero-order valence-corrected chi connectivity index (χ0v) is 23.3. The van der Waals surface area contributed by atoms with Gasteiger partial charge < -0.3 is 33.8 Å². The van der Waals surface area contributed by atoms with Crippen LogP contribution in [0.3, 0.4) is 0 Å². The van der Waals surface area contributed by atoms with Gasteiger partial charge >= 0.3 is 5.82 Å². The molecular formula is C28H34N8O5. The predicted octanol–water partition coefficient (Wildman–Crippen LogP) is 4.49. The van der Waals surface area contributed by atoms with E-state index < -0.39 is 4.92 Å². The highest BCUT2D eigenvalue weighted by Crippen LogP contribution is 2.35. The number of nitro groups is 1. The van der Waals surface area contributed by atoms with Crippen LogP contribution in [0, 0.1) is 10.1 Å². The SMILES string of the molecule is CC(C)n1ncc(COc2cnc3cc(N4CCOCC4)nc(OC4CCC(n5ccnc5)CC4)c3c2)c1[N+](=O)[O-]. The molecule has 4 aromatic heterocycles. The molecule has 5 heterocycles. The standard InChI is InChI=1S/C28H34N8O5/c1-19(2)35-28(36(37)38)20(15-31-35)17-40-23-13-24-25(30-16-23)14-26(33-9-11-39-12-10-33)32-27(24)41-22-5-3-21(4-6-22)34-8-7-29-18-34/h7-8,13-16,18-19,21-22H,3-6,9-12,17H2,1-2H3. The van der Waals surface area contributed by atoms with Gasteiger partial charge in [0.05, 0.1) is 42.8 Å². The fraction of sp³-hybridized carbons (Fsp3) is 0.500. The fourth-order valence-corrected chi connectivity index (χ4v) is 5.52. The van der Waals surface area contributed by atoms with E-state index in [2.05, 4.69) is 24.5 Å². The molecule has 0 amide bonds. The first-order chi connectivity index (χ1) is 20.0. The maximum absolute atomic E-state index is 11.7. The first-order valence-electron chi connectivity index (χ1n) is 14.1. The molecule has 4 aromatic rings. The number of ether oxygens (including phenoxy) is 3. The van der Waals surface area contributed by atoms with Crippen LogP contribution in [0.5, 0.6) is 11.6 Å². The van der Waals surface area contributed by atoms with Crippen molar-refractivity contribution >= 4 is 22.5 Å². The highest BCUT2D eigenvalue weighted by Gasteiger charge is 2.27. The molecule has 2 fully saturated rings. The predicted molar refractivity (Wildman–Crippen MR) is 150 cm³/mol. The van der Waals surface area contributed by atoms with Crippen molar-refractivity contribution in [1.29, 1.82) is 0 Å². The molecule has 0 spiro atoms. The highest BCUT2D eigenvalue weighted by atomic mass is 16.6. The maximum Gasteiger partial charge on any atom is 0.351 e. The van der Waals surface area contributed by atoms with E-state index in [9.17, 15) is 10.1 Å². The highest BCUT2D eigenvalue weighted by molar-refractivity contribution is 5.87. The summed E-state index contributed by atoms with van der Waals surface area (Å²) >= 11 is 0. The average Bonchev–Trinajstić information content (AvgIpc) is 3.68. The van der Waals surface area contributed by atoms with Crippen molar-refractivity contribution in [3.63, 3.8) is 0 Å². The molecule has 1 saturated carbocycles. The minimum absolute atomic E-state index is 0.00996. The van der Waals surface area contributed by atoms with E-state index in [4.69, 9.17) is 19.2 Å². The molecule has 41 heavy (non-hydrogen) atoms. The van der Waals surface area contributed by atoms with Crippen molar-refractivity contribution in [2.75, 3.05) is 31.2 Å². The largest absolute Gasteiger partial charge is 0.487 e. The number of morpholine rings is 1. The third-order valence-corrected chi connectivity index (χ3v) is 7.71. The molecular weight excluding hydrogens is 528 g/mol. The lowest BCUT2D eigenvalue weighted by molar-refractivity contribution is -0.394. The monoisotopic (exact) mass is 562 g/mol. The van der Waals surface area contributed by atoms with E-state index in [-0.39, 0.29) is 24.6 Å². The lowest BCUT2D eigenvalue weighted by atomic mass is 9.93. The number of imidazole rings is 1. The molecule has 0 aromatic carbocycles. The summed E-state index contributed by atoms with van der Waals surface area (Å²) in [5, 5.41) is 16.6. The van der Waals surface area contributed by atoms with Crippen LogP contribution in [-0.2, 0) is 11.3 Å². The molecule has 216 valence electrons. The van der Waals surface area contributed by atoms with Crippen molar-refractivity contribution in [2.24, 2.45) is 0 Å². The minimum Gasteiger partial charge on any atom is -0.487 e. The molecule has 13 nitrogen and oxygen atoms in total. The summed E-state index contributed by atoms with van der Waals surface area (Å²) in [6.45, 7) is 6.48. The molecule has 0 N–H and O–H groups in total. The molecule has 1 aliphatic carbocycles. The van der Waals surface area contributed by atoms with Crippen LogP contribution < -0.4 is 14.4 Å². The van der Waals surface area contributed by atoms with E-state index in [0.717, 1.165) is 55.5 Å². The maximum atomic E-state index is 11.7. The Hall–Kier alpha value is -4.26. The average molecular weight is 563 g/mol. The Balaban J connectivity index is 1.25. The van der Waals surface area contributed by atoms with Gasteiger partial charge in [-0.3, -0.25) is 4.98 Å². The molecule has 0 unspecified atom stereocenters. The Morgan fingerprint density at radius 2 is 1.95 bits per heavy atom. The Labute approximate surface area is 237 Å². The van der Waals surface area contributed by atoms with Gasteiger partial charge in [0.25, 0.3) is 0 Å². The van der Waals surface area contributed by atoms with Crippen LogP contribution >= 0.6 is 0 Å². The van der Waals surface area contributed by atoms with Gasteiger partial charge in [-0.05, 0) is 50.5 Å².